The fourth-order valence-electron chi connectivity index (χ4n) is 3.44. The number of imidazole rings is 1. The highest BCUT2D eigenvalue weighted by atomic mass is 35.5. The molecular weight excluding hydrogens is 448 g/mol. The van der Waals surface area contributed by atoms with Crippen LogP contribution in [-0.4, -0.2) is 35.2 Å². The number of hydrogen-bond acceptors (Lipinski definition) is 6. The van der Waals surface area contributed by atoms with E-state index in [1.165, 1.54) is 18.4 Å². The zero-order chi connectivity index (χ0) is 23.7. The van der Waals surface area contributed by atoms with E-state index < -0.39 is 29.3 Å². The summed E-state index contributed by atoms with van der Waals surface area (Å²) in [5.41, 5.74) is 1.36. The highest BCUT2D eigenvalue weighted by Crippen LogP contribution is 2.20. The molecule has 3 N–H and O–H groups in total. The minimum atomic E-state index is -1.12. The Morgan fingerprint density at radius 3 is 2.61 bits per heavy atom. The first-order valence-corrected chi connectivity index (χ1v) is 10.5. The lowest BCUT2D eigenvalue weighted by atomic mass is 10.0. The van der Waals surface area contributed by atoms with Gasteiger partial charge in [0.1, 0.15) is 0 Å². The van der Waals surface area contributed by atoms with Crippen molar-refractivity contribution in [2.45, 2.75) is 26.4 Å². The topological polar surface area (TPSA) is 135 Å². The average molecular weight is 469 g/mol. The number of hydrogen-bond donors (Lipinski definition) is 3. The van der Waals surface area contributed by atoms with Crippen LogP contribution in [0, 0.1) is 5.92 Å². The van der Waals surface area contributed by atoms with Crippen molar-refractivity contribution in [1.82, 2.24) is 24.1 Å². The number of carbonyl (C=O) groups is 1. The van der Waals surface area contributed by atoms with Crippen molar-refractivity contribution in [2.24, 2.45) is 5.92 Å². The minimum Gasteiger partial charge on any atom is -0.481 e. The number of benzene rings is 2. The number of fused-ring (bicyclic) bond motifs is 1. The monoisotopic (exact) mass is 468 g/mol. The minimum absolute atomic E-state index is 0.0326. The van der Waals surface area contributed by atoms with Gasteiger partial charge in [0, 0.05) is 10.7 Å². The van der Waals surface area contributed by atoms with Crippen LogP contribution in [0.1, 0.15) is 25.5 Å². The molecule has 0 amide bonds. The molecule has 2 atom stereocenters. The lowest BCUT2D eigenvalue weighted by Crippen LogP contribution is -2.46. The van der Waals surface area contributed by atoms with Gasteiger partial charge in [0.05, 0.1) is 35.9 Å². The summed E-state index contributed by atoms with van der Waals surface area (Å²) in [5, 5.41) is 12.9. The fourth-order valence-corrected chi connectivity index (χ4v) is 3.56. The molecule has 2 aromatic carbocycles. The Morgan fingerprint density at radius 2 is 1.91 bits per heavy atom. The largest absolute Gasteiger partial charge is 0.481 e. The van der Waals surface area contributed by atoms with Gasteiger partial charge in [-0.3, -0.25) is 9.36 Å². The van der Waals surface area contributed by atoms with Gasteiger partial charge in [0.2, 0.25) is 5.95 Å². The van der Waals surface area contributed by atoms with Gasteiger partial charge >= 0.3 is 17.3 Å². The maximum Gasteiger partial charge on any atom is 0.355 e. The summed E-state index contributed by atoms with van der Waals surface area (Å²) in [5.74, 6) is -2.05. The third kappa shape index (κ3) is 4.51. The molecule has 11 heteroatoms. The second-order valence-corrected chi connectivity index (χ2v) is 8.15. The number of anilines is 2. The van der Waals surface area contributed by atoms with Gasteiger partial charge in [-0.05, 0) is 49.7 Å². The Morgan fingerprint density at radius 1 is 1.18 bits per heavy atom. The summed E-state index contributed by atoms with van der Waals surface area (Å²) in [6.45, 7) is 3.04. The van der Waals surface area contributed by atoms with Gasteiger partial charge in [-0.1, -0.05) is 23.7 Å². The molecule has 2 heterocycles. The molecule has 0 radical (unpaired) electrons. The first-order valence-electron chi connectivity index (χ1n) is 10.2. The molecule has 2 aromatic heterocycles. The van der Waals surface area contributed by atoms with Crippen LogP contribution in [0.4, 0.5) is 11.6 Å². The van der Waals surface area contributed by atoms with Gasteiger partial charge in [-0.15, -0.1) is 0 Å². The molecule has 0 aliphatic heterocycles. The smallest absolute Gasteiger partial charge is 0.355 e. The first kappa shape index (κ1) is 22.3. The first-order chi connectivity index (χ1) is 15.7. The summed E-state index contributed by atoms with van der Waals surface area (Å²) in [7, 11) is 0. The molecule has 0 spiro atoms. The van der Waals surface area contributed by atoms with E-state index in [2.05, 4.69) is 20.3 Å². The molecule has 0 saturated carbocycles. The normalized spacial score (nSPS) is 13.1. The van der Waals surface area contributed by atoms with Crippen LogP contribution in [0.25, 0.3) is 11.0 Å². The van der Waals surface area contributed by atoms with Crippen LogP contribution in [0.2, 0.25) is 5.02 Å². The Kier molecular flexibility index (Phi) is 6.01. The zero-order valence-electron chi connectivity index (χ0n) is 17.8. The molecule has 4 rings (SSSR count). The summed E-state index contributed by atoms with van der Waals surface area (Å²) in [6.07, 6.45) is 1.56. The van der Waals surface area contributed by atoms with Crippen LogP contribution in [-0.2, 0) is 11.3 Å². The Bertz CT molecular complexity index is 1440. The molecule has 0 unspecified atom stereocenters. The highest BCUT2D eigenvalue weighted by Gasteiger charge is 2.26. The van der Waals surface area contributed by atoms with Crippen LogP contribution in [0.15, 0.2) is 58.4 Å². The van der Waals surface area contributed by atoms with Crippen molar-refractivity contribution >= 4 is 40.2 Å². The molecule has 4 aromatic rings. The molecule has 10 nitrogen and oxygen atoms in total. The van der Waals surface area contributed by atoms with Crippen LogP contribution in [0.3, 0.4) is 0 Å². The van der Waals surface area contributed by atoms with Crippen molar-refractivity contribution in [2.75, 3.05) is 5.32 Å². The standard InChI is InChI=1S/C22H21ClN6O4/c1-12(19(30)31)13(2)29-21(32)27-20(26-16-7-8-17-18(9-16)25-11-24-17)28(22(29)33)10-14-3-5-15(23)6-4-14/h3-9,11-13H,10H2,1-2H3,(H,24,25)(H,30,31)(H,26,27,32)/t12-,13+/m1/s1. The maximum absolute atomic E-state index is 13.4. The third-order valence-corrected chi connectivity index (χ3v) is 5.80. The Hall–Kier alpha value is -3.92. The van der Waals surface area contributed by atoms with Crippen molar-refractivity contribution in [3.05, 3.63) is 80.3 Å². The van der Waals surface area contributed by atoms with Crippen molar-refractivity contribution in [3.8, 4) is 0 Å². The van der Waals surface area contributed by atoms with Crippen LogP contribution in [0.5, 0.6) is 0 Å². The van der Waals surface area contributed by atoms with Crippen molar-refractivity contribution in [3.63, 3.8) is 0 Å². The van der Waals surface area contributed by atoms with E-state index in [0.29, 0.717) is 10.7 Å². The van der Waals surface area contributed by atoms with E-state index in [0.717, 1.165) is 21.2 Å². The number of aromatic amines is 1. The summed E-state index contributed by atoms with van der Waals surface area (Å²) in [4.78, 5) is 49.0. The molecular formula is C22H21ClN6O4. The Balaban J connectivity index is 1.83. The van der Waals surface area contributed by atoms with Gasteiger partial charge in [0.25, 0.3) is 0 Å². The zero-order valence-corrected chi connectivity index (χ0v) is 18.6. The van der Waals surface area contributed by atoms with Crippen LogP contribution >= 0.6 is 11.6 Å². The van der Waals surface area contributed by atoms with E-state index >= 15 is 0 Å². The molecule has 0 bridgehead atoms. The quantitative estimate of drug-likeness (QED) is 0.379. The van der Waals surface area contributed by atoms with Crippen LogP contribution < -0.4 is 16.7 Å². The maximum atomic E-state index is 13.4. The average Bonchev–Trinajstić information content (AvgIpc) is 3.25. The van der Waals surface area contributed by atoms with E-state index in [1.54, 1.807) is 48.8 Å². The Labute approximate surface area is 192 Å². The molecule has 0 aliphatic carbocycles. The number of aromatic nitrogens is 5. The summed E-state index contributed by atoms with van der Waals surface area (Å²) < 4.78 is 2.17. The predicted octanol–water partition coefficient (Wildman–Crippen LogP) is 3.01. The third-order valence-electron chi connectivity index (χ3n) is 5.55. The highest BCUT2D eigenvalue weighted by molar-refractivity contribution is 6.30. The van der Waals surface area contributed by atoms with Gasteiger partial charge in [-0.2, -0.15) is 4.98 Å². The summed E-state index contributed by atoms with van der Waals surface area (Å²) >= 11 is 5.97. The van der Waals surface area contributed by atoms with E-state index in [1.807, 2.05) is 0 Å². The number of carboxylic acid groups (broad SMARTS) is 1. The molecule has 0 fully saturated rings. The number of rotatable bonds is 7. The number of nitrogens with zero attached hydrogens (tertiary/aromatic N) is 4. The molecule has 0 saturated heterocycles. The second kappa shape index (κ2) is 8.91. The number of nitrogens with one attached hydrogen (secondary N) is 2. The van der Waals surface area contributed by atoms with E-state index in [4.69, 9.17) is 11.6 Å². The lowest BCUT2D eigenvalue weighted by Gasteiger charge is -2.21. The predicted molar refractivity (Wildman–Crippen MR) is 124 cm³/mol. The molecule has 170 valence electrons. The van der Waals surface area contributed by atoms with Crippen molar-refractivity contribution in [1.29, 1.82) is 0 Å². The van der Waals surface area contributed by atoms with E-state index in [9.17, 15) is 19.5 Å². The molecule has 0 aliphatic rings. The number of aliphatic carboxylic acids is 1. The molecule has 33 heavy (non-hydrogen) atoms. The number of halogens is 1. The number of carboxylic acids is 1. The van der Waals surface area contributed by atoms with Crippen molar-refractivity contribution < 1.29 is 9.90 Å². The van der Waals surface area contributed by atoms with Gasteiger partial charge < -0.3 is 15.4 Å². The van der Waals surface area contributed by atoms with Gasteiger partial charge in [-0.25, -0.2) is 19.1 Å². The van der Waals surface area contributed by atoms with E-state index in [-0.39, 0.29) is 12.5 Å². The van der Waals surface area contributed by atoms with Gasteiger partial charge in [0.15, 0.2) is 0 Å². The summed E-state index contributed by atoms with van der Waals surface area (Å²) in [6, 6.07) is 11.3. The fraction of sp³-hybridized carbons (Fsp3) is 0.227. The number of H-pyrrole nitrogens is 1. The SMILES string of the molecule is C[C@@H](C(=O)O)[C@H](C)n1c(=O)nc(Nc2ccc3nc[nH]c3c2)n(Cc2ccc(Cl)cc2)c1=O. The second-order valence-electron chi connectivity index (χ2n) is 7.71. The lowest BCUT2D eigenvalue weighted by molar-refractivity contribution is -0.142.